The SMILES string of the molecule is CC1CCC(n2ncc(-c3ccc(C[SH](=O)=O)cc3)c(-c3ccc(F)cc3)c2=O)C1. The molecule has 30 heavy (non-hydrogen) atoms. The van der Waals surface area contributed by atoms with Gasteiger partial charge in [0.05, 0.1) is 23.6 Å². The third-order valence-electron chi connectivity index (χ3n) is 5.73. The van der Waals surface area contributed by atoms with Crippen molar-refractivity contribution in [1.29, 1.82) is 0 Å². The van der Waals surface area contributed by atoms with E-state index < -0.39 is 10.7 Å². The molecular formula is C23H23FN2O3S. The van der Waals surface area contributed by atoms with Gasteiger partial charge in [0, 0.05) is 5.56 Å². The normalized spacial score (nSPS) is 18.8. The van der Waals surface area contributed by atoms with Crippen LogP contribution in [0.4, 0.5) is 4.39 Å². The van der Waals surface area contributed by atoms with Gasteiger partial charge in [-0.15, -0.1) is 0 Å². The molecule has 156 valence electrons. The summed E-state index contributed by atoms with van der Waals surface area (Å²) in [5.74, 6) is 0.160. The molecular weight excluding hydrogens is 403 g/mol. The van der Waals surface area contributed by atoms with Crippen LogP contribution in [0.1, 0.15) is 37.8 Å². The number of nitrogens with zero attached hydrogens (tertiary/aromatic N) is 2. The van der Waals surface area contributed by atoms with Crippen LogP contribution < -0.4 is 5.56 Å². The van der Waals surface area contributed by atoms with Gasteiger partial charge in [-0.1, -0.05) is 43.3 Å². The van der Waals surface area contributed by atoms with Crippen molar-refractivity contribution in [2.75, 3.05) is 0 Å². The molecule has 1 aliphatic carbocycles. The summed E-state index contributed by atoms with van der Waals surface area (Å²) >= 11 is 0. The van der Waals surface area contributed by atoms with Crippen LogP contribution in [0.25, 0.3) is 22.3 Å². The molecule has 1 aliphatic rings. The lowest BCUT2D eigenvalue weighted by Crippen LogP contribution is -2.28. The summed E-state index contributed by atoms with van der Waals surface area (Å²) in [6, 6.07) is 13.0. The van der Waals surface area contributed by atoms with E-state index in [1.54, 1.807) is 47.3 Å². The van der Waals surface area contributed by atoms with Crippen molar-refractivity contribution in [2.24, 2.45) is 5.92 Å². The first-order valence-corrected chi connectivity index (χ1v) is 11.4. The second-order valence-electron chi connectivity index (χ2n) is 7.95. The van der Waals surface area contributed by atoms with Gasteiger partial charge in [-0.2, -0.15) is 5.10 Å². The molecule has 1 aromatic heterocycles. The van der Waals surface area contributed by atoms with Crippen molar-refractivity contribution >= 4 is 10.7 Å². The lowest BCUT2D eigenvalue weighted by atomic mass is 9.96. The van der Waals surface area contributed by atoms with Gasteiger partial charge in [0.2, 0.25) is 0 Å². The van der Waals surface area contributed by atoms with Gasteiger partial charge in [0.15, 0.2) is 0 Å². The third-order valence-corrected chi connectivity index (χ3v) is 6.35. The third kappa shape index (κ3) is 4.21. The van der Waals surface area contributed by atoms with Gasteiger partial charge in [-0.25, -0.2) is 17.5 Å². The molecule has 5 nitrogen and oxygen atoms in total. The first-order valence-electron chi connectivity index (χ1n) is 10.0. The van der Waals surface area contributed by atoms with E-state index in [0.717, 1.165) is 24.8 Å². The number of hydrogen-bond acceptors (Lipinski definition) is 4. The molecule has 4 rings (SSSR count). The highest BCUT2D eigenvalue weighted by molar-refractivity contribution is 7.71. The van der Waals surface area contributed by atoms with Crippen LogP contribution in [0.3, 0.4) is 0 Å². The van der Waals surface area contributed by atoms with Crippen molar-refractivity contribution < 1.29 is 12.8 Å². The van der Waals surface area contributed by atoms with E-state index in [1.165, 1.54) is 12.1 Å². The first kappa shape index (κ1) is 20.5. The Kier molecular flexibility index (Phi) is 5.81. The molecule has 0 radical (unpaired) electrons. The highest BCUT2D eigenvalue weighted by atomic mass is 32.2. The van der Waals surface area contributed by atoms with Crippen LogP contribution in [0, 0.1) is 11.7 Å². The topological polar surface area (TPSA) is 69.0 Å². The average molecular weight is 427 g/mol. The Labute approximate surface area is 176 Å². The van der Waals surface area contributed by atoms with Gasteiger partial charge in [-0.3, -0.25) is 4.79 Å². The van der Waals surface area contributed by atoms with Crippen molar-refractivity contribution in [1.82, 2.24) is 9.78 Å². The Morgan fingerprint density at radius 3 is 2.30 bits per heavy atom. The van der Waals surface area contributed by atoms with E-state index in [2.05, 4.69) is 12.0 Å². The fourth-order valence-electron chi connectivity index (χ4n) is 4.18. The number of hydrogen-bond donors (Lipinski definition) is 1. The maximum absolute atomic E-state index is 13.5. The van der Waals surface area contributed by atoms with Crippen LogP contribution >= 0.6 is 0 Å². The molecule has 2 atom stereocenters. The summed E-state index contributed by atoms with van der Waals surface area (Å²) in [7, 11) is -2.51. The lowest BCUT2D eigenvalue weighted by molar-refractivity contribution is 0.431. The van der Waals surface area contributed by atoms with Gasteiger partial charge < -0.3 is 0 Å². The van der Waals surface area contributed by atoms with Crippen molar-refractivity contribution in [3.05, 3.63) is 76.5 Å². The Morgan fingerprint density at radius 2 is 1.70 bits per heavy atom. The van der Waals surface area contributed by atoms with Gasteiger partial charge >= 0.3 is 0 Å². The van der Waals surface area contributed by atoms with E-state index in [9.17, 15) is 17.6 Å². The van der Waals surface area contributed by atoms with E-state index in [-0.39, 0.29) is 23.2 Å². The highest BCUT2D eigenvalue weighted by Crippen LogP contribution is 2.35. The predicted octanol–water partition coefficient (Wildman–Crippen LogP) is 4.19. The molecule has 0 amide bonds. The zero-order valence-corrected chi connectivity index (χ0v) is 17.5. The maximum Gasteiger partial charge on any atom is 0.275 e. The average Bonchev–Trinajstić information content (AvgIpc) is 3.15. The molecule has 1 fully saturated rings. The van der Waals surface area contributed by atoms with Crippen molar-refractivity contribution in [3.8, 4) is 22.3 Å². The van der Waals surface area contributed by atoms with Crippen LogP contribution in [-0.4, -0.2) is 18.2 Å². The summed E-state index contributed by atoms with van der Waals surface area (Å²) in [6.07, 6.45) is 4.58. The summed E-state index contributed by atoms with van der Waals surface area (Å²) in [4.78, 5) is 13.5. The molecule has 1 heterocycles. The standard InChI is InChI=1S/C23H23FN2O3S/c1-15-2-11-20(12-15)26-23(27)22(18-7-9-19(24)10-8-18)21(13-25-26)17-5-3-16(4-6-17)14-30(28)29/h3-10,13,15,20,30H,2,11-12,14H2,1H3. The molecule has 0 spiro atoms. The van der Waals surface area contributed by atoms with Crippen molar-refractivity contribution in [3.63, 3.8) is 0 Å². The molecule has 7 heteroatoms. The largest absolute Gasteiger partial charge is 0.275 e. The molecule has 2 aromatic carbocycles. The van der Waals surface area contributed by atoms with Gasteiger partial charge in [0.25, 0.3) is 5.56 Å². The van der Waals surface area contributed by atoms with Crippen LogP contribution in [0.15, 0.2) is 59.5 Å². The minimum atomic E-state index is -2.51. The Balaban J connectivity index is 1.84. The minimum absolute atomic E-state index is 0.0276. The molecule has 0 aliphatic heterocycles. The van der Waals surface area contributed by atoms with Crippen LogP contribution in [0.2, 0.25) is 0 Å². The molecule has 0 bridgehead atoms. The lowest BCUT2D eigenvalue weighted by Gasteiger charge is -2.17. The van der Waals surface area contributed by atoms with E-state index >= 15 is 0 Å². The van der Waals surface area contributed by atoms with E-state index in [4.69, 9.17) is 0 Å². The number of aromatic nitrogens is 2. The Hall–Kier alpha value is -2.80. The first-order chi connectivity index (χ1) is 14.4. The predicted molar refractivity (Wildman–Crippen MR) is 115 cm³/mol. The van der Waals surface area contributed by atoms with E-state index in [0.29, 0.717) is 28.2 Å². The summed E-state index contributed by atoms with van der Waals surface area (Å²) in [6.45, 7) is 2.18. The highest BCUT2D eigenvalue weighted by Gasteiger charge is 2.26. The molecule has 2 unspecified atom stereocenters. The summed E-state index contributed by atoms with van der Waals surface area (Å²) < 4.78 is 37.0. The Morgan fingerprint density at radius 1 is 1.03 bits per heavy atom. The van der Waals surface area contributed by atoms with Crippen LogP contribution in [0.5, 0.6) is 0 Å². The number of benzene rings is 2. The maximum atomic E-state index is 13.5. The molecule has 0 N–H and O–H groups in total. The fourth-order valence-corrected chi connectivity index (χ4v) is 4.69. The van der Waals surface area contributed by atoms with Gasteiger partial charge in [0.1, 0.15) is 16.5 Å². The summed E-state index contributed by atoms with van der Waals surface area (Å²) in [5.41, 5.74) is 3.00. The van der Waals surface area contributed by atoms with E-state index in [1.807, 2.05) is 0 Å². The number of thiol groups is 1. The number of rotatable bonds is 5. The molecule has 3 aromatic rings. The second kappa shape index (κ2) is 8.52. The second-order valence-corrected chi connectivity index (χ2v) is 8.93. The monoisotopic (exact) mass is 426 g/mol. The summed E-state index contributed by atoms with van der Waals surface area (Å²) in [5, 5.41) is 4.48. The molecule has 0 saturated heterocycles. The zero-order valence-electron chi connectivity index (χ0n) is 16.6. The van der Waals surface area contributed by atoms with Crippen LogP contribution in [-0.2, 0) is 16.5 Å². The van der Waals surface area contributed by atoms with Gasteiger partial charge in [-0.05, 0) is 54.0 Å². The Bertz CT molecular complexity index is 1180. The fraction of sp³-hybridized carbons (Fsp3) is 0.304. The quantitative estimate of drug-likeness (QED) is 0.621. The van der Waals surface area contributed by atoms with Crippen molar-refractivity contribution in [2.45, 2.75) is 38.0 Å². The molecule has 1 saturated carbocycles. The zero-order chi connectivity index (χ0) is 21.3. The number of halogens is 1. The minimum Gasteiger partial charge on any atom is -0.267 e. The smallest absolute Gasteiger partial charge is 0.267 e.